The van der Waals surface area contributed by atoms with Gasteiger partial charge in [-0.25, -0.2) is 4.79 Å². The molecular weight excluding hydrogens is 308 g/mol. The molecule has 22 heavy (non-hydrogen) atoms. The largest absolute Gasteiger partial charge is 0.322 e. The molecule has 1 aromatic heterocycles. The zero-order chi connectivity index (χ0) is 15.9. The van der Waals surface area contributed by atoms with Crippen LogP contribution >= 0.6 is 11.8 Å². The summed E-state index contributed by atoms with van der Waals surface area (Å²) < 4.78 is 24.4. The Morgan fingerprint density at radius 2 is 2.00 bits per heavy atom. The molecule has 0 aliphatic carbocycles. The quantitative estimate of drug-likeness (QED) is 0.844. The predicted molar refractivity (Wildman–Crippen MR) is 83.0 cm³/mol. The maximum absolute atomic E-state index is 12.2. The van der Waals surface area contributed by atoms with Gasteiger partial charge in [0, 0.05) is 23.8 Å². The summed E-state index contributed by atoms with van der Waals surface area (Å²) in [5.74, 6) is -2.45. The van der Waals surface area contributed by atoms with Gasteiger partial charge >= 0.3 is 6.03 Å². The predicted octanol–water partition coefficient (Wildman–Crippen LogP) is 4.06. The molecule has 1 heterocycles. The van der Waals surface area contributed by atoms with Gasteiger partial charge in [-0.15, -0.1) is 0 Å². The van der Waals surface area contributed by atoms with Crippen molar-refractivity contribution in [2.45, 2.75) is 17.2 Å². The number of aromatic nitrogens is 1. The summed E-state index contributed by atoms with van der Waals surface area (Å²) in [6, 6.07) is 11.5. The van der Waals surface area contributed by atoms with Crippen LogP contribution in [-0.4, -0.2) is 28.7 Å². The molecule has 0 spiro atoms. The van der Waals surface area contributed by atoms with E-state index < -0.39 is 5.76 Å². The Hall–Kier alpha value is -2.15. The number of hydrogen-bond donors (Lipinski definition) is 1. The average Bonchev–Trinajstić information content (AvgIpc) is 2.49. The molecule has 0 unspecified atom stereocenters. The molecule has 1 N–H and O–H groups in total. The minimum Gasteiger partial charge on any atom is -0.322 e. The number of carbonyl (C=O) groups excluding carboxylic acids is 1. The number of alkyl halides is 2. The molecule has 2 aromatic rings. The average molecular weight is 323 g/mol. The Bertz CT molecular complexity index is 608. The monoisotopic (exact) mass is 323 g/mol. The lowest BCUT2D eigenvalue weighted by Crippen LogP contribution is -2.31. The van der Waals surface area contributed by atoms with Gasteiger partial charge in [-0.1, -0.05) is 17.8 Å². The highest BCUT2D eigenvalue weighted by Gasteiger charge is 2.10. The molecule has 116 valence electrons. The van der Waals surface area contributed by atoms with Crippen molar-refractivity contribution >= 4 is 23.5 Å². The van der Waals surface area contributed by atoms with E-state index in [1.165, 1.54) is 4.90 Å². The number of nitrogens with one attached hydrogen (secondary N) is 1. The van der Waals surface area contributed by atoms with Crippen LogP contribution in [0.3, 0.4) is 0 Å². The number of pyridine rings is 1. The van der Waals surface area contributed by atoms with Crippen molar-refractivity contribution < 1.29 is 13.6 Å². The Labute approximate surface area is 131 Å². The second-order valence-electron chi connectivity index (χ2n) is 4.51. The van der Waals surface area contributed by atoms with Crippen LogP contribution in [0.5, 0.6) is 0 Å². The number of nitrogens with zero attached hydrogens (tertiary/aromatic N) is 2. The Kier molecular flexibility index (Phi) is 5.71. The zero-order valence-electron chi connectivity index (χ0n) is 11.9. The van der Waals surface area contributed by atoms with Gasteiger partial charge in [-0.05, 0) is 36.4 Å². The van der Waals surface area contributed by atoms with Crippen molar-refractivity contribution in [3.8, 4) is 0 Å². The number of benzene rings is 1. The third kappa shape index (κ3) is 5.00. The van der Waals surface area contributed by atoms with E-state index in [4.69, 9.17) is 0 Å². The van der Waals surface area contributed by atoms with Crippen molar-refractivity contribution in [3.05, 3.63) is 54.4 Å². The molecule has 0 radical (unpaired) electrons. The van der Waals surface area contributed by atoms with Crippen LogP contribution in [0.1, 0.15) is 5.69 Å². The summed E-state index contributed by atoms with van der Waals surface area (Å²) in [6.07, 6.45) is 1.67. The van der Waals surface area contributed by atoms with E-state index in [-0.39, 0.29) is 6.03 Å². The maximum Gasteiger partial charge on any atom is 0.321 e. The van der Waals surface area contributed by atoms with Gasteiger partial charge in [-0.2, -0.15) is 8.78 Å². The SMILES string of the molecule is CN(Cc1ccccn1)C(=O)Nc1ccc(SC(F)F)cc1. The lowest BCUT2D eigenvalue weighted by atomic mass is 10.3. The first kappa shape index (κ1) is 16.2. The summed E-state index contributed by atoms with van der Waals surface area (Å²) in [5.41, 5.74) is 1.33. The van der Waals surface area contributed by atoms with E-state index in [0.29, 0.717) is 28.9 Å². The van der Waals surface area contributed by atoms with E-state index in [2.05, 4.69) is 10.3 Å². The third-order valence-electron chi connectivity index (χ3n) is 2.80. The highest BCUT2D eigenvalue weighted by molar-refractivity contribution is 7.99. The summed E-state index contributed by atoms with van der Waals surface area (Å²) in [7, 11) is 1.66. The fraction of sp³-hybridized carbons (Fsp3) is 0.200. The molecule has 4 nitrogen and oxygen atoms in total. The molecule has 0 aliphatic heterocycles. The standard InChI is InChI=1S/C15H15F2N3OS/c1-20(10-12-4-2-3-9-18-12)15(21)19-11-5-7-13(8-6-11)22-14(16)17/h2-9,14H,10H2,1H3,(H,19,21). The number of carbonyl (C=O) groups is 1. The normalized spacial score (nSPS) is 10.5. The van der Waals surface area contributed by atoms with E-state index in [0.717, 1.165) is 5.69 Å². The number of rotatable bonds is 5. The number of hydrogen-bond acceptors (Lipinski definition) is 3. The maximum atomic E-state index is 12.2. The third-order valence-corrected chi connectivity index (χ3v) is 3.53. The van der Waals surface area contributed by atoms with Crippen molar-refractivity contribution in [1.82, 2.24) is 9.88 Å². The lowest BCUT2D eigenvalue weighted by molar-refractivity contribution is 0.220. The Morgan fingerprint density at radius 3 is 2.59 bits per heavy atom. The van der Waals surface area contributed by atoms with E-state index in [1.807, 2.05) is 18.2 Å². The molecule has 2 rings (SSSR count). The van der Waals surface area contributed by atoms with Crippen molar-refractivity contribution in [2.24, 2.45) is 0 Å². The first-order chi connectivity index (χ1) is 10.5. The van der Waals surface area contributed by atoms with Gasteiger partial charge < -0.3 is 10.2 Å². The van der Waals surface area contributed by atoms with Crippen LogP contribution < -0.4 is 5.32 Å². The first-order valence-corrected chi connectivity index (χ1v) is 7.39. The number of thioether (sulfide) groups is 1. The van der Waals surface area contributed by atoms with E-state index in [9.17, 15) is 13.6 Å². The molecule has 0 bridgehead atoms. The van der Waals surface area contributed by atoms with E-state index in [1.54, 1.807) is 37.5 Å². The number of amides is 2. The second kappa shape index (κ2) is 7.74. The van der Waals surface area contributed by atoms with Crippen LogP contribution in [0.15, 0.2) is 53.6 Å². The fourth-order valence-corrected chi connectivity index (χ4v) is 2.24. The molecule has 2 amide bonds. The van der Waals surface area contributed by atoms with Crippen LogP contribution in [-0.2, 0) is 6.54 Å². The molecule has 1 aromatic carbocycles. The fourth-order valence-electron chi connectivity index (χ4n) is 1.75. The van der Waals surface area contributed by atoms with Crippen LogP contribution in [0.4, 0.5) is 19.3 Å². The molecule has 0 aliphatic rings. The highest BCUT2D eigenvalue weighted by atomic mass is 32.2. The summed E-state index contributed by atoms with van der Waals surface area (Å²) in [6.45, 7) is 0.381. The van der Waals surface area contributed by atoms with Crippen molar-refractivity contribution in [2.75, 3.05) is 12.4 Å². The smallest absolute Gasteiger partial charge is 0.321 e. The van der Waals surface area contributed by atoms with E-state index >= 15 is 0 Å². The van der Waals surface area contributed by atoms with Gasteiger partial charge in [0.2, 0.25) is 0 Å². The van der Waals surface area contributed by atoms with Gasteiger partial charge in [0.15, 0.2) is 0 Å². The van der Waals surface area contributed by atoms with Crippen LogP contribution in [0.25, 0.3) is 0 Å². The lowest BCUT2D eigenvalue weighted by Gasteiger charge is -2.17. The molecular formula is C15H15F2N3OS. The summed E-state index contributed by atoms with van der Waals surface area (Å²) in [4.78, 5) is 18.1. The minimum absolute atomic E-state index is 0.292. The van der Waals surface area contributed by atoms with Crippen LogP contribution in [0.2, 0.25) is 0 Å². The number of halogens is 2. The van der Waals surface area contributed by atoms with Crippen molar-refractivity contribution in [3.63, 3.8) is 0 Å². The van der Waals surface area contributed by atoms with Gasteiger partial charge in [0.25, 0.3) is 5.76 Å². The number of urea groups is 1. The first-order valence-electron chi connectivity index (χ1n) is 6.51. The van der Waals surface area contributed by atoms with Gasteiger partial charge in [0.1, 0.15) is 0 Å². The van der Waals surface area contributed by atoms with Gasteiger partial charge in [-0.3, -0.25) is 4.98 Å². The highest BCUT2D eigenvalue weighted by Crippen LogP contribution is 2.26. The molecule has 0 fully saturated rings. The second-order valence-corrected chi connectivity index (χ2v) is 5.57. The molecule has 0 saturated heterocycles. The molecule has 7 heteroatoms. The molecule has 0 saturated carbocycles. The topological polar surface area (TPSA) is 45.2 Å². The minimum atomic E-state index is -2.45. The van der Waals surface area contributed by atoms with Crippen molar-refractivity contribution in [1.29, 1.82) is 0 Å². The van der Waals surface area contributed by atoms with Crippen LogP contribution in [0, 0.1) is 0 Å². The Balaban J connectivity index is 1.90. The zero-order valence-corrected chi connectivity index (χ0v) is 12.7. The molecule has 0 atom stereocenters. The summed E-state index contributed by atoms with van der Waals surface area (Å²) in [5, 5.41) is 2.70. The summed E-state index contributed by atoms with van der Waals surface area (Å²) >= 11 is 0.469. The Morgan fingerprint density at radius 1 is 1.27 bits per heavy atom. The number of anilines is 1. The van der Waals surface area contributed by atoms with Gasteiger partial charge in [0.05, 0.1) is 12.2 Å².